The van der Waals surface area contributed by atoms with E-state index >= 15 is 0 Å². The molecule has 0 aromatic rings. The summed E-state index contributed by atoms with van der Waals surface area (Å²) in [4.78, 5) is 19.3. The highest BCUT2D eigenvalue weighted by atomic mass is 31.2. The molecule has 1 heterocycles. The van der Waals surface area contributed by atoms with E-state index in [0.717, 1.165) is 71.1 Å². The lowest BCUT2D eigenvalue weighted by molar-refractivity contribution is -0.246. The second-order valence-corrected chi connectivity index (χ2v) is 19.8. The van der Waals surface area contributed by atoms with Gasteiger partial charge in [0.15, 0.2) is 0 Å². The van der Waals surface area contributed by atoms with E-state index in [4.69, 9.17) is 13.6 Å². The van der Waals surface area contributed by atoms with E-state index in [1.54, 1.807) is 0 Å². The summed E-state index contributed by atoms with van der Waals surface area (Å²) < 4.78 is 31.1. The molecule has 0 N–H and O–H groups in total. The van der Waals surface area contributed by atoms with Crippen LogP contribution in [0, 0.1) is 56.7 Å². The first kappa shape index (κ1) is 36.1. The maximum absolute atomic E-state index is 14.7. The van der Waals surface area contributed by atoms with Crippen molar-refractivity contribution in [1.29, 1.82) is 0 Å². The highest BCUT2D eigenvalue weighted by molar-refractivity contribution is 7.48. The topological polar surface area (TPSA) is 68.3 Å². The van der Waals surface area contributed by atoms with Gasteiger partial charge in [-0.3, -0.25) is 18.4 Å². The number of rotatable bonds is 8. The zero-order valence-electron chi connectivity index (χ0n) is 31.4. The van der Waals surface area contributed by atoms with Gasteiger partial charge in [0.2, 0.25) is 5.91 Å². The fourth-order valence-electron chi connectivity index (χ4n) is 13.6. The Bertz CT molecular complexity index is 1250. The highest BCUT2D eigenvalue weighted by Gasteiger charge is 2.72. The minimum absolute atomic E-state index is 0.150. The number of amides is 1. The molecular weight excluding hydrogens is 607 g/mol. The second kappa shape index (κ2) is 12.5. The summed E-state index contributed by atoms with van der Waals surface area (Å²) >= 11 is 0. The first-order chi connectivity index (χ1) is 22.0. The molecule has 1 saturated heterocycles. The summed E-state index contributed by atoms with van der Waals surface area (Å²) in [6.45, 7) is 27.4. The molecule has 1 amide bonds. The maximum Gasteiger partial charge on any atom is 0.475 e. The molecule has 5 saturated carbocycles. The molecule has 6 fully saturated rings. The molecule has 8 heteroatoms. The van der Waals surface area contributed by atoms with Crippen LogP contribution < -0.4 is 0 Å². The Morgan fingerprint density at radius 1 is 0.809 bits per heavy atom. The molecule has 6 rings (SSSR count). The Labute approximate surface area is 286 Å². The van der Waals surface area contributed by atoms with Gasteiger partial charge in [0.05, 0.1) is 24.7 Å². The van der Waals surface area contributed by atoms with Crippen LogP contribution in [0.2, 0.25) is 0 Å². The monoisotopic (exact) mass is 674 g/mol. The fourth-order valence-corrected chi connectivity index (χ4v) is 15.1. The zero-order valence-corrected chi connectivity index (χ0v) is 32.3. The molecule has 1 aliphatic heterocycles. The Morgan fingerprint density at radius 3 is 2.09 bits per heavy atom. The third-order valence-electron chi connectivity index (χ3n) is 16.1. The molecule has 6 aliphatic rings. The summed E-state index contributed by atoms with van der Waals surface area (Å²) in [5.41, 5.74) is 1.51. The van der Waals surface area contributed by atoms with Crippen molar-refractivity contribution in [2.24, 2.45) is 56.7 Å². The van der Waals surface area contributed by atoms with Gasteiger partial charge in [-0.15, -0.1) is 0 Å². The standard InChI is InChI=1S/C39H67N2O5P/c1-11-44-47(43,45-12-2)46-32-17-18-36(7)30(35(32,5)6)16-19-38(9)31(36)14-13-29-33-28(27(3)4)15-20-39(33,22-21-37(29,38)8)34(42)41-25-23-40(10)24-26-41/h28-33H,3,11-26H2,1-2,4-10H3/t28-,29+,30-,31+,32-,33+,36-,37+,38+,39-/m0/s1. The van der Waals surface area contributed by atoms with Crippen LogP contribution in [0.5, 0.6) is 0 Å². The number of allylic oxidation sites excluding steroid dienone is 1. The highest BCUT2D eigenvalue weighted by Crippen LogP contribution is 2.78. The van der Waals surface area contributed by atoms with Gasteiger partial charge in [0.1, 0.15) is 0 Å². The van der Waals surface area contributed by atoms with E-state index < -0.39 is 7.82 Å². The first-order valence-corrected chi connectivity index (χ1v) is 20.7. The van der Waals surface area contributed by atoms with Crippen LogP contribution in [-0.4, -0.2) is 68.3 Å². The van der Waals surface area contributed by atoms with Gasteiger partial charge in [0.25, 0.3) is 0 Å². The summed E-state index contributed by atoms with van der Waals surface area (Å²) in [6, 6.07) is 0. The van der Waals surface area contributed by atoms with Gasteiger partial charge in [-0.1, -0.05) is 46.8 Å². The predicted molar refractivity (Wildman–Crippen MR) is 189 cm³/mol. The number of carbonyl (C=O) groups is 1. The molecule has 268 valence electrons. The largest absolute Gasteiger partial charge is 0.475 e. The number of hydrogen-bond acceptors (Lipinski definition) is 6. The van der Waals surface area contributed by atoms with Crippen molar-refractivity contribution in [3.63, 3.8) is 0 Å². The van der Waals surface area contributed by atoms with Crippen LogP contribution in [0.3, 0.4) is 0 Å². The van der Waals surface area contributed by atoms with Crippen molar-refractivity contribution in [2.45, 2.75) is 126 Å². The van der Waals surface area contributed by atoms with Crippen LogP contribution in [0.4, 0.5) is 0 Å². The van der Waals surface area contributed by atoms with E-state index in [1.807, 2.05) is 13.8 Å². The SMILES string of the molecule is C=C(C)[C@@H]1CC[C@]2(C(=O)N3CCN(C)CC3)CC[C@]3(C)[C@H](CC[C@@H]4[C@@]5(C)CC[C@H](OP(=O)(OCC)OCC)C(C)(C)[C@@H]5CC[C@]43C)[C@@H]12. The van der Waals surface area contributed by atoms with Crippen LogP contribution in [-0.2, 0) is 22.9 Å². The average molecular weight is 675 g/mol. The first-order valence-electron chi connectivity index (χ1n) is 19.2. The molecule has 0 bridgehead atoms. The summed E-state index contributed by atoms with van der Waals surface area (Å²) in [5, 5.41) is 0. The molecule has 0 unspecified atom stereocenters. The molecule has 0 aromatic heterocycles. The molecule has 47 heavy (non-hydrogen) atoms. The maximum atomic E-state index is 14.7. The number of phosphoric ester groups is 1. The van der Waals surface area contributed by atoms with E-state index in [2.05, 4.69) is 65.0 Å². The zero-order chi connectivity index (χ0) is 34.2. The molecule has 5 aliphatic carbocycles. The summed E-state index contributed by atoms with van der Waals surface area (Å²) in [6.07, 6.45) is 11.0. The normalized spacial score (nSPS) is 45.0. The van der Waals surface area contributed by atoms with E-state index in [1.165, 1.54) is 24.8 Å². The van der Waals surface area contributed by atoms with Crippen molar-refractivity contribution < 1.29 is 22.9 Å². The number of nitrogens with zero attached hydrogens (tertiary/aromatic N) is 2. The Morgan fingerprint density at radius 2 is 1.47 bits per heavy atom. The number of fused-ring (bicyclic) bond motifs is 7. The van der Waals surface area contributed by atoms with E-state index in [-0.39, 0.29) is 33.2 Å². The number of likely N-dealkylation sites (N-methyl/N-ethyl adjacent to an activating group) is 1. The van der Waals surface area contributed by atoms with Crippen LogP contribution >= 0.6 is 7.82 Å². The molecule has 0 aromatic carbocycles. The minimum atomic E-state index is -3.60. The minimum Gasteiger partial charge on any atom is -0.340 e. The van der Waals surface area contributed by atoms with Crippen molar-refractivity contribution >= 4 is 13.7 Å². The van der Waals surface area contributed by atoms with E-state index in [0.29, 0.717) is 48.7 Å². The Balaban J connectivity index is 1.30. The Hall–Kier alpha value is -0.720. The van der Waals surface area contributed by atoms with Crippen molar-refractivity contribution in [2.75, 3.05) is 46.4 Å². The lowest BCUT2D eigenvalue weighted by Crippen LogP contribution is -2.67. The summed E-state index contributed by atoms with van der Waals surface area (Å²) in [5.74, 6) is 2.96. The van der Waals surface area contributed by atoms with Crippen molar-refractivity contribution in [1.82, 2.24) is 9.80 Å². The van der Waals surface area contributed by atoms with Gasteiger partial charge < -0.3 is 9.80 Å². The van der Waals surface area contributed by atoms with Crippen LogP contribution in [0.25, 0.3) is 0 Å². The van der Waals surface area contributed by atoms with E-state index in [9.17, 15) is 9.36 Å². The summed E-state index contributed by atoms with van der Waals surface area (Å²) in [7, 11) is -1.43. The third-order valence-corrected chi connectivity index (χ3v) is 17.7. The number of carbonyl (C=O) groups excluding carboxylic acids is 1. The average Bonchev–Trinajstić information content (AvgIpc) is 3.41. The van der Waals surface area contributed by atoms with Gasteiger partial charge in [-0.05, 0) is 143 Å². The van der Waals surface area contributed by atoms with Gasteiger partial charge >= 0.3 is 7.82 Å². The Kier molecular flexibility index (Phi) is 9.60. The second-order valence-electron chi connectivity index (χ2n) is 18.2. The van der Waals surface area contributed by atoms with Crippen molar-refractivity contribution in [3.8, 4) is 0 Å². The van der Waals surface area contributed by atoms with Crippen LogP contribution in [0.15, 0.2) is 12.2 Å². The number of piperazine rings is 1. The predicted octanol–water partition coefficient (Wildman–Crippen LogP) is 8.98. The molecule has 0 spiro atoms. The van der Waals surface area contributed by atoms with Gasteiger partial charge in [0, 0.05) is 26.2 Å². The number of hydrogen-bond donors (Lipinski definition) is 0. The lowest BCUT2D eigenvalue weighted by atomic mass is 9.32. The lowest BCUT2D eigenvalue weighted by Gasteiger charge is -2.73. The van der Waals surface area contributed by atoms with Gasteiger partial charge in [-0.25, -0.2) is 4.57 Å². The fraction of sp³-hybridized carbons (Fsp3) is 0.923. The molecule has 7 nitrogen and oxygen atoms in total. The quantitative estimate of drug-likeness (QED) is 0.189. The smallest absolute Gasteiger partial charge is 0.340 e. The van der Waals surface area contributed by atoms with Gasteiger partial charge in [-0.2, -0.15) is 0 Å². The van der Waals surface area contributed by atoms with Crippen molar-refractivity contribution in [3.05, 3.63) is 12.2 Å². The molecule has 0 radical (unpaired) electrons. The third kappa shape index (κ3) is 5.40. The molecular formula is C39H67N2O5P. The number of phosphoric acid groups is 1. The molecule has 10 atom stereocenters. The van der Waals surface area contributed by atoms with Crippen LogP contribution in [0.1, 0.15) is 120 Å².